The zero-order valence-corrected chi connectivity index (χ0v) is 46.3. The molecule has 6 heteroatoms. The molecule has 81 heavy (non-hydrogen) atoms. The van der Waals surface area contributed by atoms with Gasteiger partial charge in [0, 0.05) is 40.8 Å². The van der Waals surface area contributed by atoms with Crippen LogP contribution in [0.5, 0.6) is 0 Å². The Bertz CT molecular complexity index is 4430. The predicted molar refractivity (Wildman–Crippen MR) is 326 cm³/mol. The van der Waals surface area contributed by atoms with E-state index in [1.54, 1.807) is 0 Å². The normalized spacial score (nSPS) is 11.2. The van der Waals surface area contributed by atoms with Gasteiger partial charge in [-0.1, -0.05) is 185 Å². The van der Waals surface area contributed by atoms with Gasteiger partial charge in [0.05, 0.1) is 0 Å². The van der Waals surface area contributed by atoms with Gasteiger partial charge in [0.25, 0.3) is 0 Å². The average Bonchev–Trinajstić information content (AvgIpc) is 3.97. The first-order chi connectivity index (χ1) is 39.6. The van der Waals surface area contributed by atoms with E-state index >= 15 is 0 Å². The minimum Gasteiger partial charge on any atom is -0.445 e. The molecule has 0 aliphatic rings. The largest absolute Gasteiger partial charge is 3.00 e. The number of nitrogens with zero attached hydrogens (tertiary/aromatic N) is 4. The molecule has 14 rings (SSSR count). The summed E-state index contributed by atoms with van der Waals surface area (Å²) in [7, 11) is 0. The second kappa shape index (κ2) is 22.0. The number of furan rings is 1. The van der Waals surface area contributed by atoms with Gasteiger partial charge in [0.2, 0.25) is 5.71 Å². The van der Waals surface area contributed by atoms with E-state index < -0.39 is 0 Å². The van der Waals surface area contributed by atoms with Crippen molar-refractivity contribution < 1.29 is 24.5 Å². The van der Waals surface area contributed by atoms with Gasteiger partial charge in [-0.25, -0.2) is 4.98 Å². The molecule has 0 saturated carbocycles. The van der Waals surface area contributed by atoms with Crippen LogP contribution in [0.15, 0.2) is 272 Å². The van der Waals surface area contributed by atoms with Crippen molar-refractivity contribution in [1.29, 1.82) is 0 Å². The van der Waals surface area contributed by atoms with Crippen LogP contribution < -0.4 is 0 Å². The van der Waals surface area contributed by atoms with E-state index in [2.05, 4.69) is 228 Å². The van der Waals surface area contributed by atoms with Crippen molar-refractivity contribution in [3.63, 3.8) is 0 Å². The van der Waals surface area contributed by atoms with Gasteiger partial charge in [0.1, 0.15) is 5.58 Å². The maximum Gasteiger partial charge on any atom is 3.00 e. The number of rotatable bonds is 11. The summed E-state index contributed by atoms with van der Waals surface area (Å²) >= 11 is 0. The van der Waals surface area contributed by atoms with Crippen LogP contribution in [0.1, 0.15) is 5.69 Å². The Kier molecular flexibility index (Phi) is 13.8. The SMILES string of the molecule is Cc1ccc2c(n1)oc1c(-c3[c-]cc(-c4ccccc4-c4cc(-c5ccccc5-c5c[c-]c(-c6ccccn6)cc5)cc(-c5ccccc5-c5c[c-]c(-c6ccccn6)cc5)c4)c(-c4cccc(-c5ccccc5)c4)c3)nccc12.[Ir+3]. The van der Waals surface area contributed by atoms with E-state index in [0.717, 1.165) is 134 Å². The Morgan fingerprint density at radius 2 is 0.827 bits per heavy atom. The van der Waals surface area contributed by atoms with Gasteiger partial charge in [0.15, 0.2) is 0 Å². The number of hydrogen-bond donors (Lipinski definition) is 0. The first-order valence-electron chi connectivity index (χ1n) is 26.7. The first kappa shape index (κ1) is 50.5. The van der Waals surface area contributed by atoms with E-state index in [9.17, 15) is 0 Å². The molecule has 0 aliphatic carbocycles. The Labute approximate surface area is 484 Å². The molecular formula is C75H47IrN4O. The minimum atomic E-state index is 0. The van der Waals surface area contributed by atoms with Crippen molar-refractivity contribution in [3.05, 3.63) is 291 Å². The average molecular weight is 1210 g/mol. The quantitative estimate of drug-likeness (QED) is 0.121. The molecule has 0 bridgehead atoms. The fourth-order valence-electron chi connectivity index (χ4n) is 11.0. The van der Waals surface area contributed by atoms with Crippen LogP contribution in [-0.4, -0.2) is 19.9 Å². The van der Waals surface area contributed by atoms with Crippen LogP contribution in [0.3, 0.4) is 0 Å². The molecule has 14 aromatic rings. The van der Waals surface area contributed by atoms with Crippen molar-refractivity contribution in [1.82, 2.24) is 19.9 Å². The third-order valence-corrected chi connectivity index (χ3v) is 14.9. The van der Waals surface area contributed by atoms with Gasteiger partial charge in [-0.05, 0) is 123 Å². The summed E-state index contributed by atoms with van der Waals surface area (Å²) in [5.74, 6) is 0. The van der Waals surface area contributed by atoms with E-state index in [4.69, 9.17) is 14.4 Å². The van der Waals surface area contributed by atoms with Crippen LogP contribution in [0.25, 0.3) is 145 Å². The zero-order chi connectivity index (χ0) is 53.4. The van der Waals surface area contributed by atoms with Crippen LogP contribution in [0.4, 0.5) is 0 Å². The Balaban J connectivity index is 0.00000618. The van der Waals surface area contributed by atoms with Gasteiger partial charge in [-0.15, -0.1) is 83.4 Å². The molecular weight excluding hydrogens is 1170 g/mol. The van der Waals surface area contributed by atoms with Crippen molar-refractivity contribution in [2.24, 2.45) is 0 Å². The number of pyridine rings is 4. The summed E-state index contributed by atoms with van der Waals surface area (Å²) in [5, 5.41) is 1.92. The maximum absolute atomic E-state index is 6.55. The summed E-state index contributed by atoms with van der Waals surface area (Å²) in [6, 6.07) is 98.5. The number of aryl methyl sites for hydroxylation is 1. The summed E-state index contributed by atoms with van der Waals surface area (Å²) < 4.78 is 6.55. The Morgan fingerprint density at radius 1 is 0.321 bits per heavy atom. The van der Waals surface area contributed by atoms with Crippen LogP contribution in [0, 0.1) is 25.1 Å². The monoisotopic (exact) mass is 1210 g/mol. The predicted octanol–water partition coefficient (Wildman–Crippen LogP) is 19.2. The van der Waals surface area contributed by atoms with Gasteiger partial charge in [-0.2, -0.15) is 0 Å². The van der Waals surface area contributed by atoms with E-state index in [0.29, 0.717) is 17.0 Å². The molecule has 5 heterocycles. The Hall–Kier alpha value is -9.97. The molecule has 5 nitrogen and oxygen atoms in total. The molecule has 5 aromatic heterocycles. The standard InChI is InChI=1S/C75H47N4O.Ir/c1-49-28-38-69-68-40-43-78-73(74(68)80-75(69)79-49)57-37-39-67(70(48-57)56-19-15-18-55(44-56)50-16-3-2-4-17-50)66-25-10-9-24-65(66)60-46-58(63-22-7-5-20-61(63)51-29-33-53(34-30-51)71-26-11-13-41-76-71)45-59(47-60)64-23-8-6-21-62(64)52-31-35-54(36-32-52)72-27-12-14-42-77-72;/h2-33,35,38-48H,1H3;/q-3;+3. The van der Waals surface area contributed by atoms with Crippen molar-refractivity contribution >= 4 is 22.1 Å². The topological polar surface area (TPSA) is 64.7 Å². The van der Waals surface area contributed by atoms with Crippen molar-refractivity contribution in [3.8, 4) is 123 Å². The summed E-state index contributed by atoms with van der Waals surface area (Å²) in [6.45, 7) is 1.98. The molecule has 0 aliphatic heterocycles. The smallest absolute Gasteiger partial charge is 0.445 e. The molecule has 0 unspecified atom stereocenters. The third kappa shape index (κ3) is 9.89. The Morgan fingerprint density at radius 3 is 1.40 bits per heavy atom. The van der Waals surface area contributed by atoms with Gasteiger partial charge < -0.3 is 19.4 Å². The summed E-state index contributed by atoms with van der Waals surface area (Å²) in [4.78, 5) is 18.9. The molecule has 0 atom stereocenters. The summed E-state index contributed by atoms with van der Waals surface area (Å²) in [6.07, 6.45) is 5.49. The number of aromatic nitrogens is 4. The molecule has 0 N–H and O–H groups in total. The fourth-order valence-corrected chi connectivity index (χ4v) is 11.0. The van der Waals surface area contributed by atoms with Crippen LogP contribution >= 0.6 is 0 Å². The second-order valence-electron chi connectivity index (χ2n) is 19.9. The first-order valence-corrected chi connectivity index (χ1v) is 26.7. The minimum absolute atomic E-state index is 0. The third-order valence-electron chi connectivity index (χ3n) is 14.9. The fraction of sp³-hybridized carbons (Fsp3) is 0.0133. The van der Waals surface area contributed by atoms with E-state index in [1.807, 2.05) is 74.0 Å². The molecule has 0 fully saturated rings. The molecule has 0 amide bonds. The maximum atomic E-state index is 6.55. The molecule has 382 valence electrons. The van der Waals surface area contributed by atoms with Crippen molar-refractivity contribution in [2.75, 3.05) is 0 Å². The van der Waals surface area contributed by atoms with Crippen molar-refractivity contribution in [2.45, 2.75) is 6.92 Å². The second-order valence-corrected chi connectivity index (χ2v) is 19.9. The zero-order valence-electron chi connectivity index (χ0n) is 43.9. The number of hydrogen-bond acceptors (Lipinski definition) is 5. The number of fused-ring (bicyclic) bond motifs is 3. The van der Waals surface area contributed by atoms with E-state index in [1.165, 1.54) is 0 Å². The van der Waals surface area contributed by atoms with Gasteiger partial charge in [-0.3, -0.25) is 0 Å². The molecule has 9 aromatic carbocycles. The summed E-state index contributed by atoms with van der Waals surface area (Å²) in [5.41, 5.74) is 24.7. The molecule has 0 radical (unpaired) electrons. The van der Waals surface area contributed by atoms with Gasteiger partial charge >= 0.3 is 20.1 Å². The van der Waals surface area contributed by atoms with E-state index in [-0.39, 0.29) is 20.1 Å². The van der Waals surface area contributed by atoms with Crippen LogP contribution in [0.2, 0.25) is 0 Å². The van der Waals surface area contributed by atoms with Crippen LogP contribution in [-0.2, 0) is 20.1 Å². The molecule has 0 saturated heterocycles. The molecule has 0 spiro atoms. The number of benzene rings is 9.